The van der Waals surface area contributed by atoms with Gasteiger partial charge in [-0.15, -0.1) is 0 Å². The predicted octanol–water partition coefficient (Wildman–Crippen LogP) is 1.84. The molecule has 0 aliphatic carbocycles. The standard InChI is InChI=1S/C12H13NO3/c1-4-8-10(5-2)13-7-9(11(8)14)12(15)16-6-3/h4-5,7H,1-2,6H2,3H3,(H,13,14). The molecule has 0 atom stereocenters. The zero-order valence-corrected chi connectivity index (χ0v) is 9.08. The van der Waals surface area contributed by atoms with E-state index in [4.69, 9.17) is 4.74 Å². The maximum Gasteiger partial charge on any atom is 0.343 e. The maximum atomic E-state index is 11.9. The Bertz CT molecular complexity index is 486. The molecule has 4 nitrogen and oxygen atoms in total. The van der Waals surface area contributed by atoms with Gasteiger partial charge < -0.3 is 9.72 Å². The first-order valence-corrected chi connectivity index (χ1v) is 4.83. The SMILES string of the molecule is C=Cc1[nH]cc(C(=O)OCC)c(=O)c1C=C. The maximum absolute atomic E-state index is 11.9. The molecule has 0 aliphatic rings. The number of aromatic amines is 1. The number of pyridine rings is 1. The third-order valence-corrected chi connectivity index (χ3v) is 2.06. The van der Waals surface area contributed by atoms with Crippen LogP contribution in [-0.2, 0) is 4.74 Å². The van der Waals surface area contributed by atoms with Gasteiger partial charge in [0.25, 0.3) is 0 Å². The van der Waals surface area contributed by atoms with Crippen molar-refractivity contribution < 1.29 is 9.53 Å². The number of hydrogen-bond donors (Lipinski definition) is 1. The summed E-state index contributed by atoms with van der Waals surface area (Å²) in [5, 5.41) is 0. The highest BCUT2D eigenvalue weighted by atomic mass is 16.5. The molecule has 0 unspecified atom stereocenters. The number of carbonyl (C=O) groups is 1. The largest absolute Gasteiger partial charge is 0.462 e. The number of H-pyrrole nitrogens is 1. The summed E-state index contributed by atoms with van der Waals surface area (Å²) >= 11 is 0. The van der Waals surface area contributed by atoms with Crippen LogP contribution in [0.5, 0.6) is 0 Å². The third-order valence-electron chi connectivity index (χ3n) is 2.06. The summed E-state index contributed by atoms with van der Waals surface area (Å²) in [6.07, 6.45) is 4.20. The molecular weight excluding hydrogens is 206 g/mol. The molecule has 0 spiro atoms. The lowest BCUT2D eigenvalue weighted by Crippen LogP contribution is -2.20. The van der Waals surface area contributed by atoms with Gasteiger partial charge in [0.05, 0.1) is 6.61 Å². The Balaban J connectivity index is 3.35. The second-order valence-electron chi connectivity index (χ2n) is 2.99. The van der Waals surface area contributed by atoms with E-state index in [1.54, 1.807) is 6.92 Å². The van der Waals surface area contributed by atoms with Gasteiger partial charge in [0.2, 0.25) is 5.43 Å². The topological polar surface area (TPSA) is 59.2 Å². The molecule has 1 rings (SSSR count). The molecule has 0 radical (unpaired) electrons. The van der Waals surface area contributed by atoms with Crippen LogP contribution in [0, 0.1) is 0 Å². The Hall–Kier alpha value is -2.10. The Kier molecular flexibility index (Phi) is 3.83. The molecule has 1 aromatic heterocycles. The molecule has 0 saturated heterocycles. The average molecular weight is 219 g/mol. The van der Waals surface area contributed by atoms with E-state index >= 15 is 0 Å². The normalized spacial score (nSPS) is 9.56. The molecule has 0 bridgehead atoms. The van der Waals surface area contributed by atoms with E-state index in [0.29, 0.717) is 11.3 Å². The Morgan fingerprint density at radius 1 is 1.50 bits per heavy atom. The second-order valence-corrected chi connectivity index (χ2v) is 2.99. The van der Waals surface area contributed by atoms with E-state index in [-0.39, 0.29) is 12.2 Å². The zero-order chi connectivity index (χ0) is 12.1. The summed E-state index contributed by atoms with van der Waals surface area (Å²) in [7, 11) is 0. The number of aromatic nitrogens is 1. The fraction of sp³-hybridized carbons (Fsp3) is 0.167. The van der Waals surface area contributed by atoms with Gasteiger partial charge in [-0.05, 0) is 13.0 Å². The van der Waals surface area contributed by atoms with Crippen molar-refractivity contribution in [1.82, 2.24) is 4.98 Å². The monoisotopic (exact) mass is 219 g/mol. The minimum Gasteiger partial charge on any atom is -0.462 e. The van der Waals surface area contributed by atoms with Crippen molar-refractivity contribution in [2.45, 2.75) is 6.92 Å². The van der Waals surface area contributed by atoms with Gasteiger partial charge in [0.15, 0.2) is 0 Å². The van der Waals surface area contributed by atoms with Crippen LogP contribution in [-0.4, -0.2) is 17.6 Å². The van der Waals surface area contributed by atoms with Crippen LogP contribution >= 0.6 is 0 Å². The van der Waals surface area contributed by atoms with E-state index in [1.165, 1.54) is 18.3 Å². The van der Waals surface area contributed by atoms with Crippen LogP contribution in [0.15, 0.2) is 24.1 Å². The molecule has 84 valence electrons. The summed E-state index contributed by atoms with van der Waals surface area (Å²) in [6, 6.07) is 0. The third kappa shape index (κ3) is 2.11. The summed E-state index contributed by atoms with van der Waals surface area (Å²) in [5.74, 6) is -0.637. The van der Waals surface area contributed by atoms with Crippen LogP contribution in [0.3, 0.4) is 0 Å². The van der Waals surface area contributed by atoms with Gasteiger partial charge in [-0.3, -0.25) is 4.79 Å². The molecule has 1 aromatic rings. The van der Waals surface area contributed by atoms with E-state index in [9.17, 15) is 9.59 Å². The van der Waals surface area contributed by atoms with E-state index in [0.717, 1.165) is 0 Å². The van der Waals surface area contributed by atoms with Crippen LogP contribution in [0.2, 0.25) is 0 Å². The lowest BCUT2D eigenvalue weighted by molar-refractivity contribution is 0.0524. The molecule has 0 saturated carbocycles. The molecule has 0 aliphatic heterocycles. The zero-order valence-electron chi connectivity index (χ0n) is 9.08. The summed E-state index contributed by atoms with van der Waals surface area (Å²) in [5.41, 5.74) is 0.429. The highest BCUT2D eigenvalue weighted by Crippen LogP contribution is 2.06. The molecule has 16 heavy (non-hydrogen) atoms. The van der Waals surface area contributed by atoms with Gasteiger partial charge >= 0.3 is 5.97 Å². The second kappa shape index (κ2) is 5.11. The molecule has 4 heteroatoms. The van der Waals surface area contributed by atoms with Crippen LogP contribution in [0.4, 0.5) is 0 Å². The predicted molar refractivity (Wildman–Crippen MR) is 63.2 cm³/mol. The molecule has 0 aromatic carbocycles. The lowest BCUT2D eigenvalue weighted by atomic mass is 10.1. The van der Waals surface area contributed by atoms with E-state index in [2.05, 4.69) is 18.1 Å². The number of nitrogens with one attached hydrogen (secondary N) is 1. The quantitative estimate of drug-likeness (QED) is 0.786. The van der Waals surface area contributed by atoms with Gasteiger partial charge in [-0.2, -0.15) is 0 Å². The van der Waals surface area contributed by atoms with Gasteiger partial charge in [-0.1, -0.05) is 19.2 Å². The van der Waals surface area contributed by atoms with E-state index < -0.39 is 11.4 Å². The van der Waals surface area contributed by atoms with Gasteiger partial charge in [0, 0.05) is 17.5 Å². The Labute approximate surface area is 93.3 Å². The smallest absolute Gasteiger partial charge is 0.343 e. The summed E-state index contributed by atoms with van der Waals surface area (Å²) in [6.45, 7) is 8.99. The highest BCUT2D eigenvalue weighted by molar-refractivity contribution is 5.90. The van der Waals surface area contributed by atoms with Gasteiger partial charge in [0.1, 0.15) is 5.56 Å². The molecule has 0 fully saturated rings. The Morgan fingerprint density at radius 2 is 2.19 bits per heavy atom. The number of rotatable bonds is 4. The number of carbonyl (C=O) groups excluding carboxylic acids is 1. The van der Waals surface area contributed by atoms with Crippen LogP contribution in [0.1, 0.15) is 28.5 Å². The van der Waals surface area contributed by atoms with Crippen LogP contribution in [0.25, 0.3) is 12.2 Å². The van der Waals surface area contributed by atoms with Crippen molar-refractivity contribution in [2.24, 2.45) is 0 Å². The first-order valence-electron chi connectivity index (χ1n) is 4.83. The minimum atomic E-state index is -0.637. The van der Waals surface area contributed by atoms with Crippen molar-refractivity contribution in [3.8, 4) is 0 Å². The highest BCUT2D eigenvalue weighted by Gasteiger charge is 2.14. The average Bonchev–Trinajstić information content (AvgIpc) is 2.28. The minimum absolute atomic E-state index is 0.0256. The first-order chi connectivity index (χ1) is 7.65. The lowest BCUT2D eigenvalue weighted by Gasteiger charge is -2.04. The number of hydrogen-bond acceptors (Lipinski definition) is 3. The fourth-order valence-electron chi connectivity index (χ4n) is 1.29. The van der Waals surface area contributed by atoms with E-state index in [1.807, 2.05) is 0 Å². The molecule has 1 N–H and O–H groups in total. The molecule has 1 heterocycles. The van der Waals surface area contributed by atoms with Crippen molar-refractivity contribution in [2.75, 3.05) is 6.61 Å². The fourth-order valence-corrected chi connectivity index (χ4v) is 1.29. The van der Waals surface area contributed by atoms with Crippen LogP contribution < -0.4 is 5.43 Å². The van der Waals surface area contributed by atoms with Crippen molar-refractivity contribution in [3.05, 3.63) is 46.4 Å². The Morgan fingerprint density at radius 3 is 2.69 bits per heavy atom. The summed E-state index contributed by atoms with van der Waals surface area (Å²) in [4.78, 5) is 26.1. The number of esters is 1. The van der Waals surface area contributed by atoms with Crippen molar-refractivity contribution >= 4 is 18.1 Å². The van der Waals surface area contributed by atoms with Gasteiger partial charge in [-0.25, -0.2) is 4.79 Å². The van der Waals surface area contributed by atoms with Crippen molar-refractivity contribution in [3.63, 3.8) is 0 Å². The summed E-state index contributed by atoms with van der Waals surface area (Å²) < 4.78 is 4.76. The molecular formula is C12H13NO3. The van der Waals surface area contributed by atoms with Crippen molar-refractivity contribution in [1.29, 1.82) is 0 Å². The molecule has 0 amide bonds. The first kappa shape index (κ1) is 12.0. The number of ether oxygens (including phenoxy) is 1.